The molecule has 1 heterocycles. The van der Waals surface area contributed by atoms with Gasteiger partial charge in [0.05, 0.1) is 32.1 Å². The van der Waals surface area contributed by atoms with Crippen molar-refractivity contribution in [3.05, 3.63) is 22.7 Å². The summed E-state index contributed by atoms with van der Waals surface area (Å²) in [5.74, 6) is 0.831. The molecule has 5 nitrogen and oxygen atoms in total. The Hall–Kier alpha value is -1.27. The van der Waals surface area contributed by atoms with Gasteiger partial charge in [0.15, 0.2) is 0 Å². The highest BCUT2D eigenvalue weighted by molar-refractivity contribution is 9.10. The van der Waals surface area contributed by atoms with Crippen molar-refractivity contribution in [2.75, 3.05) is 38.7 Å². The van der Waals surface area contributed by atoms with Crippen LogP contribution >= 0.6 is 15.9 Å². The van der Waals surface area contributed by atoms with E-state index in [0.29, 0.717) is 19.7 Å². The van der Waals surface area contributed by atoms with Crippen molar-refractivity contribution in [2.45, 2.75) is 13.0 Å². The molecule has 1 aliphatic rings. The zero-order valence-corrected chi connectivity index (χ0v) is 13.3. The molecule has 1 N–H and O–H groups in total. The number of nitrogens with zero attached hydrogens (tertiary/aromatic N) is 1. The van der Waals surface area contributed by atoms with E-state index in [1.807, 2.05) is 30.0 Å². The SMILES string of the molecule is COc1ccc(Br)c(NCC(=O)N2CCO[C@H](C)C2)c1. The third-order valence-corrected chi connectivity index (χ3v) is 3.89. The summed E-state index contributed by atoms with van der Waals surface area (Å²) >= 11 is 3.45. The second-order valence-electron chi connectivity index (χ2n) is 4.72. The largest absolute Gasteiger partial charge is 0.497 e. The molecule has 1 saturated heterocycles. The molecule has 110 valence electrons. The van der Waals surface area contributed by atoms with Gasteiger partial charge in [-0.25, -0.2) is 0 Å². The van der Waals surface area contributed by atoms with E-state index in [4.69, 9.17) is 9.47 Å². The molecule has 1 fully saturated rings. The molecular formula is C14H19BrN2O3. The van der Waals surface area contributed by atoms with Crippen LogP contribution in [0.15, 0.2) is 22.7 Å². The molecule has 20 heavy (non-hydrogen) atoms. The van der Waals surface area contributed by atoms with Crippen molar-refractivity contribution >= 4 is 27.5 Å². The monoisotopic (exact) mass is 342 g/mol. The number of ether oxygens (including phenoxy) is 2. The normalized spacial score (nSPS) is 18.8. The Bertz CT molecular complexity index is 481. The summed E-state index contributed by atoms with van der Waals surface area (Å²) in [5.41, 5.74) is 0.846. The van der Waals surface area contributed by atoms with Crippen LogP contribution in [0.25, 0.3) is 0 Å². The van der Waals surface area contributed by atoms with Crippen LogP contribution in [-0.4, -0.2) is 50.3 Å². The zero-order valence-electron chi connectivity index (χ0n) is 11.7. The number of methoxy groups -OCH3 is 1. The topological polar surface area (TPSA) is 50.8 Å². The Labute approximate surface area is 127 Å². The van der Waals surface area contributed by atoms with E-state index in [0.717, 1.165) is 15.9 Å². The average Bonchev–Trinajstić information content (AvgIpc) is 2.46. The van der Waals surface area contributed by atoms with E-state index in [1.54, 1.807) is 7.11 Å². The zero-order chi connectivity index (χ0) is 14.5. The number of halogens is 1. The maximum Gasteiger partial charge on any atom is 0.242 e. The molecule has 0 saturated carbocycles. The summed E-state index contributed by atoms with van der Waals surface area (Å²) in [6.45, 7) is 4.16. The minimum absolute atomic E-state index is 0.0786. The van der Waals surface area contributed by atoms with E-state index in [-0.39, 0.29) is 18.6 Å². The van der Waals surface area contributed by atoms with Gasteiger partial charge in [-0.3, -0.25) is 4.79 Å². The third-order valence-electron chi connectivity index (χ3n) is 3.20. The fraction of sp³-hybridized carbons (Fsp3) is 0.500. The lowest BCUT2D eigenvalue weighted by Crippen LogP contribution is -2.46. The molecule has 0 bridgehead atoms. The van der Waals surface area contributed by atoms with E-state index in [2.05, 4.69) is 21.2 Å². The van der Waals surface area contributed by atoms with Gasteiger partial charge in [-0.2, -0.15) is 0 Å². The summed E-state index contributed by atoms with van der Waals surface area (Å²) in [6, 6.07) is 5.61. The van der Waals surface area contributed by atoms with Crippen LogP contribution < -0.4 is 10.1 Å². The van der Waals surface area contributed by atoms with Crippen LogP contribution in [0.5, 0.6) is 5.75 Å². The number of rotatable bonds is 4. The highest BCUT2D eigenvalue weighted by atomic mass is 79.9. The predicted octanol–water partition coefficient (Wildman–Crippen LogP) is 2.12. The second-order valence-corrected chi connectivity index (χ2v) is 5.57. The van der Waals surface area contributed by atoms with Gasteiger partial charge in [0.25, 0.3) is 0 Å². The Morgan fingerprint density at radius 2 is 2.40 bits per heavy atom. The van der Waals surface area contributed by atoms with Gasteiger partial charge >= 0.3 is 0 Å². The van der Waals surface area contributed by atoms with E-state index in [9.17, 15) is 4.79 Å². The number of carbonyl (C=O) groups is 1. The van der Waals surface area contributed by atoms with Gasteiger partial charge in [0, 0.05) is 23.6 Å². The third kappa shape index (κ3) is 3.86. The van der Waals surface area contributed by atoms with Gasteiger partial charge in [-0.1, -0.05) is 0 Å². The number of amides is 1. The first kappa shape index (κ1) is 15.1. The Morgan fingerprint density at radius 1 is 1.60 bits per heavy atom. The maximum atomic E-state index is 12.1. The molecule has 1 aromatic carbocycles. The molecule has 0 aliphatic carbocycles. The van der Waals surface area contributed by atoms with Crippen LogP contribution in [0.4, 0.5) is 5.69 Å². The predicted molar refractivity (Wildman–Crippen MR) is 81.2 cm³/mol. The first-order chi connectivity index (χ1) is 9.60. The van der Waals surface area contributed by atoms with Crippen LogP contribution in [0.3, 0.4) is 0 Å². The molecule has 1 aliphatic heterocycles. The molecule has 0 aromatic heterocycles. The second kappa shape index (κ2) is 6.95. The molecule has 1 atom stereocenters. The molecule has 0 spiro atoms. The lowest BCUT2D eigenvalue weighted by atomic mass is 10.2. The molecular weight excluding hydrogens is 324 g/mol. The lowest BCUT2D eigenvalue weighted by molar-refractivity contribution is -0.136. The van der Waals surface area contributed by atoms with Gasteiger partial charge in [-0.15, -0.1) is 0 Å². The van der Waals surface area contributed by atoms with Gasteiger partial charge < -0.3 is 19.7 Å². The summed E-state index contributed by atoms with van der Waals surface area (Å²) in [6.07, 6.45) is 0.108. The summed E-state index contributed by atoms with van der Waals surface area (Å²) in [5, 5.41) is 3.14. The summed E-state index contributed by atoms with van der Waals surface area (Å²) < 4.78 is 11.5. The molecule has 6 heteroatoms. The summed E-state index contributed by atoms with van der Waals surface area (Å²) in [4.78, 5) is 14.0. The van der Waals surface area contributed by atoms with Crippen LogP contribution in [0.2, 0.25) is 0 Å². The lowest BCUT2D eigenvalue weighted by Gasteiger charge is -2.31. The van der Waals surface area contributed by atoms with Crippen LogP contribution in [0, 0.1) is 0 Å². The van der Waals surface area contributed by atoms with Gasteiger partial charge in [-0.05, 0) is 35.0 Å². The quantitative estimate of drug-likeness (QED) is 0.910. The fourth-order valence-electron chi connectivity index (χ4n) is 2.09. The number of morpholine rings is 1. The number of hydrogen-bond acceptors (Lipinski definition) is 4. The number of carbonyl (C=O) groups excluding carboxylic acids is 1. The Morgan fingerprint density at radius 3 is 3.10 bits per heavy atom. The number of nitrogens with one attached hydrogen (secondary N) is 1. The smallest absolute Gasteiger partial charge is 0.242 e. The standard InChI is InChI=1S/C14H19BrN2O3/c1-10-9-17(5-6-20-10)14(18)8-16-13-7-11(19-2)3-4-12(13)15/h3-4,7,10,16H,5-6,8-9H2,1-2H3/t10-/m1/s1. The number of benzene rings is 1. The first-order valence-electron chi connectivity index (χ1n) is 6.57. The van der Waals surface area contributed by atoms with Gasteiger partial charge in [0.2, 0.25) is 5.91 Å². The minimum atomic E-state index is 0.0786. The average molecular weight is 343 g/mol. The Kier molecular flexibility index (Phi) is 5.25. The molecule has 0 unspecified atom stereocenters. The van der Waals surface area contributed by atoms with E-state index in [1.165, 1.54) is 0 Å². The van der Waals surface area contributed by atoms with E-state index < -0.39 is 0 Å². The van der Waals surface area contributed by atoms with Crippen LogP contribution in [0.1, 0.15) is 6.92 Å². The minimum Gasteiger partial charge on any atom is -0.497 e. The van der Waals surface area contributed by atoms with Crippen molar-refractivity contribution in [1.29, 1.82) is 0 Å². The van der Waals surface area contributed by atoms with E-state index >= 15 is 0 Å². The number of hydrogen-bond donors (Lipinski definition) is 1. The van der Waals surface area contributed by atoms with Crippen molar-refractivity contribution < 1.29 is 14.3 Å². The summed E-state index contributed by atoms with van der Waals surface area (Å²) in [7, 11) is 1.62. The molecule has 1 amide bonds. The fourth-order valence-corrected chi connectivity index (χ4v) is 2.48. The Balaban J connectivity index is 1.92. The first-order valence-corrected chi connectivity index (χ1v) is 7.36. The number of anilines is 1. The van der Waals surface area contributed by atoms with Gasteiger partial charge in [0.1, 0.15) is 5.75 Å². The van der Waals surface area contributed by atoms with Crippen LogP contribution in [-0.2, 0) is 9.53 Å². The maximum absolute atomic E-state index is 12.1. The van der Waals surface area contributed by atoms with Crippen molar-refractivity contribution in [1.82, 2.24) is 4.90 Å². The molecule has 0 radical (unpaired) electrons. The highest BCUT2D eigenvalue weighted by Gasteiger charge is 2.21. The van der Waals surface area contributed by atoms with Crippen molar-refractivity contribution in [2.24, 2.45) is 0 Å². The molecule has 1 aromatic rings. The highest BCUT2D eigenvalue weighted by Crippen LogP contribution is 2.26. The van der Waals surface area contributed by atoms with Crippen molar-refractivity contribution in [3.8, 4) is 5.75 Å². The van der Waals surface area contributed by atoms with Crippen molar-refractivity contribution in [3.63, 3.8) is 0 Å². The molecule has 2 rings (SSSR count).